The minimum atomic E-state index is 0.195. The van der Waals surface area contributed by atoms with Gasteiger partial charge in [-0.15, -0.1) is 0 Å². The topological polar surface area (TPSA) is 21.3 Å². The summed E-state index contributed by atoms with van der Waals surface area (Å²) in [4.78, 5) is 0. The van der Waals surface area contributed by atoms with E-state index in [4.69, 9.17) is 4.74 Å². The Morgan fingerprint density at radius 2 is 1.68 bits per heavy atom. The fraction of sp³-hybridized carbons (Fsp3) is 0.647. The third-order valence-electron chi connectivity index (χ3n) is 3.06. The van der Waals surface area contributed by atoms with Crippen LogP contribution < -0.4 is 10.1 Å². The molecule has 0 saturated carbocycles. The largest absolute Gasteiger partial charge is 0.489 e. The van der Waals surface area contributed by atoms with Crippen LogP contribution >= 0.6 is 0 Å². The first-order valence-electron chi connectivity index (χ1n) is 7.37. The van der Waals surface area contributed by atoms with Crippen LogP contribution in [0.3, 0.4) is 0 Å². The van der Waals surface area contributed by atoms with Crippen molar-refractivity contribution in [1.82, 2.24) is 5.32 Å². The van der Waals surface area contributed by atoms with Crippen molar-refractivity contribution in [1.29, 1.82) is 0 Å². The van der Waals surface area contributed by atoms with E-state index in [9.17, 15) is 0 Å². The molecular weight excluding hydrogens is 234 g/mol. The second-order valence-electron chi connectivity index (χ2n) is 6.21. The lowest BCUT2D eigenvalue weighted by atomic mass is 10.0. The van der Waals surface area contributed by atoms with Gasteiger partial charge in [0.2, 0.25) is 0 Å². The third-order valence-corrected chi connectivity index (χ3v) is 3.06. The highest BCUT2D eigenvalue weighted by Crippen LogP contribution is 2.23. The number of aryl methyl sites for hydroxylation is 1. The molecule has 108 valence electrons. The number of ether oxygens (including phenoxy) is 1. The minimum absolute atomic E-state index is 0.195. The monoisotopic (exact) mass is 263 g/mol. The quantitative estimate of drug-likeness (QED) is 0.798. The smallest absolute Gasteiger partial charge is 0.120 e. The maximum Gasteiger partial charge on any atom is 0.120 e. The Morgan fingerprint density at radius 3 is 2.26 bits per heavy atom. The molecule has 0 aliphatic carbocycles. The van der Waals surface area contributed by atoms with Crippen molar-refractivity contribution in [2.45, 2.75) is 53.6 Å². The van der Waals surface area contributed by atoms with E-state index in [0.717, 1.165) is 18.8 Å². The molecule has 1 atom stereocenters. The van der Waals surface area contributed by atoms with Gasteiger partial charge in [0.05, 0.1) is 0 Å². The average molecular weight is 263 g/mol. The van der Waals surface area contributed by atoms with E-state index in [2.05, 4.69) is 65.1 Å². The standard InChI is InChI=1S/C17H29NO/c1-12(2)10-18-11-15(6)19-17-8-14(5)7-16(9-17)13(3)4/h7-9,12-13,15,18H,10-11H2,1-6H3. The van der Waals surface area contributed by atoms with Gasteiger partial charge in [-0.1, -0.05) is 33.8 Å². The maximum atomic E-state index is 6.01. The summed E-state index contributed by atoms with van der Waals surface area (Å²) < 4.78 is 6.01. The van der Waals surface area contributed by atoms with Gasteiger partial charge in [0.15, 0.2) is 0 Å². The number of benzene rings is 1. The van der Waals surface area contributed by atoms with Gasteiger partial charge in [-0.05, 0) is 55.5 Å². The lowest BCUT2D eigenvalue weighted by molar-refractivity contribution is 0.215. The first kappa shape index (κ1) is 16.0. The second-order valence-corrected chi connectivity index (χ2v) is 6.21. The van der Waals surface area contributed by atoms with Gasteiger partial charge in [-0.25, -0.2) is 0 Å². The Hall–Kier alpha value is -1.02. The molecule has 1 aromatic carbocycles. The van der Waals surface area contributed by atoms with Crippen molar-refractivity contribution in [2.75, 3.05) is 13.1 Å². The minimum Gasteiger partial charge on any atom is -0.489 e. The van der Waals surface area contributed by atoms with Gasteiger partial charge in [-0.2, -0.15) is 0 Å². The molecule has 0 aliphatic rings. The van der Waals surface area contributed by atoms with Gasteiger partial charge < -0.3 is 10.1 Å². The van der Waals surface area contributed by atoms with Crippen LogP contribution in [0.5, 0.6) is 5.75 Å². The molecule has 2 nitrogen and oxygen atoms in total. The van der Waals surface area contributed by atoms with Crippen LogP contribution in [-0.4, -0.2) is 19.2 Å². The Balaban J connectivity index is 2.56. The Bertz CT molecular complexity index is 385. The summed E-state index contributed by atoms with van der Waals surface area (Å²) >= 11 is 0. The lowest BCUT2D eigenvalue weighted by Crippen LogP contribution is -2.31. The molecule has 0 saturated heterocycles. The molecule has 1 rings (SSSR count). The molecule has 1 N–H and O–H groups in total. The van der Waals surface area contributed by atoms with E-state index < -0.39 is 0 Å². The number of nitrogens with one attached hydrogen (secondary N) is 1. The maximum absolute atomic E-state index is 6.01. The Labute approximate surface area is 118 Å². The zero-order valence-electron chi connectivity index (χ0n) is 13.3. The van der Waals surface area contributed by atoms with E-state index in [-0.39, 0.29) is 6.10 Å². The molecule has 0 aliphatic heterocycles. The SMILES string of the molecule is Cc1cc(OC(C)CNCC(C)C)cc(C(C)C)c1. The molecule has 19 heavy (non-hydrogen) atoms. The molecular formula is C17H29NO. The van der Waals surface area contributed by atoms with Crippen molar-refractivity contribution in [2.24, 2.45) is 5.92 Å². The molecule has 2 heteroatoms. The lowest BCUT2D eigenvalue weighted by Gasteiger charge is -2.18. The van der Waals surface area contributed by atoms with Gasteiger partial charge in [0.25, 0.3) is 0 Å². The normalized spacial score (nSPS) is 13.1. The molecule has 0 spiro atoms. The summed E-state index contributed by atoms with van der Waals surface area (Å²) in [5, 5.41) is 3.43. The Kier molecular flexibility index (Phi) is 6.36. The van der Waals surface area contributed by atoms with Crippen molar-refractivity contribution in [3.63, 3.8) is 0 Å². The fourth-order valence-corrected chi connectivity index (χ4v) is 2.03. The summed E-state index contributed by atoms with van der Waals surface area (Å²) in [6.45, 7) is 15.0. The number of rotatable bonds is 7. The highest BCUT2D eigenvalue weighted by Gasteiger charge is 2.07. The molecule has 0 bridgehead atoms. The van der Waals surface area contributed by atoms with Gasteiger partial charge in [0, 0.05) is 6.54 Å². The molecule has 0 amide bonds. The fourth-order valence-electron chi connectivity index (χ4n) is 2.03. The summed E-state index contributed by atoms with van der Waals surface area (Å²) in [6, 6.07) is 6.51. The van der Waals surface area contributed by atoms with Crippen molar-refractivity contribution >= 4 is 0 Å². The first-order chi connectivity index (χ1) is 8.88. The molecule has 0 heterocycles. The van der Waals surface area contributed by atoms with E-state index >= 15 is 0 Å². The Morgan fingerprint density at radius 1 is 1.00 bits per heavy atom. The van der Waals surface area contributed by atoms with Crippen LogP contribution in [0.1, 0.15) is 51.7 Å². The molecule has 0 fully saturated rings. The zero-order chi connectivity index (χ0) is 14.4. The van der Waals surface area contributed by atoms with Crippen molar-refractivity contribution in [3.8, 4) is 5.75 Å². The van der Waals surface area contributed by atoms with Crippen LogP contribution in [0, 0.1) is 12.8 Å². The van der Waals surface area contributed by atoms with Crippen molar-refractivity contribution < 1.29 is 4.74 Å². The van der Waals surface area contributed by atoms with Crippen LogP contribution in [0.2, 0.25) is 0 Å². The predicted octanol–water partition coefficient (Wildman–Crippen LogP) is 4.13. The summed E-state index contributed by atoms with van der Waals surface area (Å²) in [5.41, 5.74) is 2.61. The molecule has 0 aromatic heterocycles. The first-order valence-corrected chi connectivity index (χ1v) is 7.37. The highest BCUT2D eigenvalue weighted by atomic mass is 16.5. The van der Waals surface area contributed by atoms with Crippen LogP contribution in [0.25, 0.3) is 0 Å². The van der Waals surface area contributed by atoms with Crippen LogP contribution in [0.4, 0.5) is 0 Å². The second kappa shape index (κ2) is 7.54. The highest BCUT2D eigenvalue weighted by molar-refractivity contribution is 5.35. The van der Waals surface area contributed by atoms with Crippen LogP contribution in [-0.2, 0) is 0 Å². The molecule has 1 aromatic rings. The summed E-state index contributed by atoms with van der Waals surface area (Å²) in [6.07, 6.45) is 0.195. The van der Waals surface area contributed by atoms with E-state index in [0.29, 0.717) is 11.8 Å². The number of hydrogen-bond donors (Lipinski definition) is 1. The van der Waals surface area contributed by atoms with Crippen molar-refractivity contribution in [3.05, 3.63) is 29.3 Å². The number of hydrogen-bond acceptors (Lipinski definition) is 2. The summed E-state index contributed by atoms with van der Waals surface area (Å²) in [7, 11) is 0. The predicted molar refractivity (Wildman–Crippen MR) is 83.1 cm³/mol. The van der Waals surface area contributed by atoms with E-state index in [1.165, 1.54) is 11.1 Å². The van der Waals surface area contributed by atoms with Gasteiger partial charge in [-0.3, -0.25) is 0 Å². The van der Waals surface area contributed by atoms with E-state index in [1.807, 2.05) is 0 Å². The average Bonchev–Trinajstić information content (AvgIpc) is 2.27. The summed E-state index contributed by atoms with van der Waals surface area (Å²) in [5.74, 6) is 2.21. The van der Waals surface area contributed by atoms with Gasteiger partial charge in [0.1, 0.15) is 11.9 Å². The van der Waals surface area contributed by atoms with E-state index in [1.54, 1.807) is 0 Å². The molecule has 0 radical (unpaired) electrons. The van der Waals surface area contributed by atoms with Crippen LogP contribution in [0.15, 0.2) is 18.2 Å². The molecule has 1 unspecified atom stereocenters. The van der Waals surface area contributed by atoms with Gasteiger partial charge >= 0.3 is 0 Å². The zero-order valence-corrected chi connectivity index (χ0v) is 13.3. The third kappa shape index (κ3) is 6.11.